The van der Waals surface area contributed by atoms with Crippen molar-refractivity contribution in [1.82, 2.24) is 39.1 Å². The molecule has 0 spiro atoms. The molecule has 2 aromatic carbocycles. The van der Waals surface area contributed by atoms with Crippen LogP contribution in [0.15, 0.2) is 75.7 Å². The first-order valence-electron chi connectivity index (χ1n) is 27.7. The van der Waals surface area contributed by atoms with Crippen LogP contribution in [-0.4, -0.2) is 98.7 Å². The lowest BCUT2D eigenvalue weighted by atomic mass is 10.1. The number of carbonyl (C=O) groups is 2. The number of Topliss-reactive ketones (excluding diaryl/α,β-unsaturated/α-hetero) is 2. The number of ketones is 2. The van der Waals surface area contributed by atoms with Gasteiger partial charge in [-0.3, -0.25) is 28.5 Å². The molecule has 0 amide bonds. The molecular weight excluding hydrogens is 1100 g/mol. The maximum Gasteiger partial charge on any atom is 0.295 e. The number of hydrogen-bond acceptors (Lipinski definition) is 15. The van der Waals surface area contributed by atoms with Crippen molar-refractivity contribution in [1.29, 1.82) is 0 Å². The Kier molecular flexibility index (Phi) is 14.5. The summed E-state index contributed by atoms with van der Waals surface area (Å²) in [6.45, 7) is 4.37. The summed E-state index contributed by atoms with van der Waals surface area (Å²) in [5.41, 5.74) is 7.71. The van der Waals surface area contributed by atoms with Gasteiger partial charge < -0.3 is 15.4 Å². The number of benzene rings is 2. The number of carbonyl (C=O) groups excluding carboxylic acids is 2. The number of nitrogens with zero attached hydrogens (tertiary/aromatic N) is 9. The van der Waals surface area contributed by atoms with Crippen LogP contribution < -0.4 is 10.6 Å². The van der Waals surface area contributed by atoms with E-state index in [9.17, 15) is 44.0 Å². The quantitative estimate of drug-likeness (QED) is 0.0718. The third-order valence-electron chi connectivity index (χ3n) is 15.9. The third kappa shape index (κ3) is 11.5. The maximum atomic E-state index is 14.4. The highest BCUT2D eigenvalue weighted by atomic mass is 32.2. The number of pyridine rings is 2. The second-order valence-corrected chi connectivity index (χ2v) is 26.5. The molecule has 2 aliphatic heterocycles. The zero-order valence-corrected chi connectivity index (χ0v) is 47.3. The molecule has 1 atom stereocenters. The zero-order chi connectivity index (χ0) is 57.5. The van der Waals surface area contributed by atoms with Crippen molar-refractivity contribution >= 4 is 76.6 Å². The molecule has 18 nitrogen and oxygen atoms in total. The van der Waals surface area contributed by atoms with Gasteiger partial charge in [-0.15, -0.1) is 0 Å². The average Bonchev–Trinajstić information content (AvgIpc) is 4.44. The summed E-state index contributed by atoms with van der Waals surface area (Å²) in [5.74, 6) is -0.342. The van der Waals surface area contributed by atoms with E-state index in [2.05, 4.69) is 40.8 Å². The number of alkyl halides is 4. The van der Waals surface area contributed by atoms with Crippen LogP contribution in [0, 0.1) is 25.7 Å². The predicted octanol–water partition coefficient (Wildman–Crippen LogP) is 11.4. The van der Waals surface area contributed by atoms with Crippen molar-refractivity contribution in [2.24, 2.45) is 16.8 Å². The minimum atomic E-state index is -3.74. The van der Waals surface area contributed by atoms with Crippen LogP contribution in [0.1, 0.15) is 130 Å². The van der Waals surface area contributed by atoms with Gasteiger partial charge in [0.25, 0.3) is 12.9 Å². The van der Waals surface area contributed by atoms with Gasteiger partial charge in [-0.25, -0.2) is 49.4 Å². The van der Waals surface area contributed by atoms with Gasteiger partial charge in [0.05, 0.1) is 79.8 Å². The van der Waals surface area contributed by atoms with Gasteiger partial charge in [-0.2, -0.15) is 10.2 Å². The largest absolute Gasteiger partial charge is 0.358 e. The lowest BCUT2D eigenvalue weighted by Crippen LogP contribution is -2.21. The van der Waals surface area contributed by atoms with E-state index in [0.717, 1.165) is 99.2 Å². The van der Waals surface area contributed by atoms with Crippen molar-refractivity contribution in [3.8, 4) is 22.3 Å². The lowest BCUT2D eigenvalue weighted by Gasteiger charge is -2.25. The van der Waals surface area contributed by atoms with Crippen molar-refractivity contribution < 1.29 is 48.7 Å². The van der Waals surface area contributed by atoms with Crippen molar-refractivity contribution in [2.45, 2.75) is 145 Å². The van der Waals surface area contributed by atoms with Gasteiger partial charge in [0.15, 0.2) is 31.1 Å². The van der Waals surface area contributed by atoms with Crippen LogP contribution in [-0.2, 0) is 53.3 Å². The van der Waals surface area contributed by atoms with E-state index in [1.165, 1.54) is 4.57 Å². The molecule has 1 unspecified atom stereocenters. The smallest absolute Gasteiger partial charge is 0.295 e. The van der Waals surface area contributed by atoms with E-state index in [1.54, 1.807) is 48.8 Å². The van der Waals surface area contributed by atoms with Gasteiger partial charge in [0.1, 0.15) is 29.0 Å². The molecule has 4 aliphatic carbocycles. The Morgan fingerprint density at radius 2 is 1.17 bits per heavy atom. The average molecular weight is 1160 g/mol. The summed E-state index contributed by atoms with van der Waals surface area (Å²) < 4.78 is 119. The summed E-state index contributed by atoms with van der Waals surface area (Å²) in [6.07, 6.45) is 9.33. The molecular formula is C58H61F4N11O7S2. The number of sulfone groups is 2. The van der Waals surface area contributed by atoms with Crippen LogP contribution in [0.2, 0.25) is 0 Å². The molecule has 24 heteroatoms. The number of halogens is 4. The SMILES string of the molecule is Cc1c(-c2ccc(Nc3cc(CC(=O)C4CC4)nc4c3N=C(C(F)F)C4)c(S(C)(=O)=O)c2)cnn1C1CC1.Cc1c(-c2ccc(Nc3cc(CC(=O)C4CC4)nc4c3nc(C(F)F)n4C3CCCCO3)c(S(C)(=O)=O)c2)cnn1C1CC1. The monoisotopic (exact) mass is 1160 g/mol. The molecule has 82 heavy (non-hydrogen) atoms. The van der Waals surface area contributed by atoms with Crippen LogP contribution in [0.25, 0.3) is 33.4 Å². The van der Waals surface area contributed by atoms with E-state index in [4.69, 9.17) is 4.74 Å². The summed E-state index contributed by atoms with van der Waals surface area (Å²) >= 11 is 0. The number of aliphatic imine (C=N–C) groups is 1. The number of rotatable bonds is 19. The van der Waals surface area contributed by atoms with Gasteiger partial charge >= 0.3 is 0 Å². The number of ether oxygens (including phenoxy) is 1. The van der Waals surface area contributed by atoms with Gasteiger partial charge in [-0.1, -0.05) is 12.1 Å². The first-order valence-corrected chi connectivity index (χ1v) is 31.5. The number of imidazole rings is 1. The normalized spacial score (nSPS) is 18.2. The molecule has 13 rings (SSSR count). The van der Waals surface area contributed by atoms with Crippen LogP contribution in [0.3, 0.4) is 0 Å². The fourth-order valence-electron chi connectivity index (χ4n) is 11.0. The molecule has 5 aromatic heterocycles. The third-order valence-corrected chi connectivity index (χ3v) is 18.2. The molecule has 4 saturated carbocycles. The van der Waals surface area contributed by atoms with E-state index in [1.807, 2.05) is 35.3 Å². The highest BCUT2D eigenvalue weighted by Gasteiger charge is 2.35. The molecule has 430 valence electrons. The Labute approximate surface area is 471 Å². The number of hydrogen-bond donors (Lipinski definition) is 2. The highest BCUT2D eigenvalue weighted by molar-refractivity contribution is 7.91. The Morgan fingerprint density at radius 3 is 1.65 bits per heavy atom. The standard InChI is InChI=1S/C31H34F2N6O4S.C27H27F2N5O3S/c1-17-22(16-34-39(17)21-9-10-21)19-8-11-23(26(13-19)44(2,41)42)36-24-14-20(15-25(40)18-6-7-18)35-30-28(24)37-31(29(32)33)38(30)27-5-3-4-12-43-27;1-14-19(13-30-34(14)18-6-7-18)16-5-8-20(25(9-16)38(2,36)37)32-21-10-17(11-24(35)15-3-4-15)31-22-12-23(27(28)29)33-26(21)22/h8,11,13-14,16,18,21,27,29H,3-7,9-10,12,15H2,1-2H3,(H,35,36);5,8-10,13,15,18,27H,3-4,6-7,11-12H2,1-2H3,(H,31,32). The molecule has 0 radical (unpaired) electrons. The Morgan fingerprint density at radius 1 is 0.646 bits per heavy atom. The summed E-state index contributed by atoms with van der Waals surface area (Å²) in [6, 6.07) is 14.2. The summed E-state index contributed by atoms with van der Waals surface area (Å²) in [4.78, 5) is 42.9. The van der Waals surface area contributed by atoms with Crippen LogP contribution in [0.5, 0.6) is 0 Å². The van der Waals surface area contributed by atoms with Gasteiger partial charge in [0.2, 0.25) is 0 Å². The molecule has 6 aliphatic rings. The topological polar surface area (TPSA) is 227 Å². The fraction of sp³-hybridized carbons (Fsp3) is 0.448. The van der Waals surface area contributed by atoms with Crippen LogP contribution >= 0.6 is 0 Å². The van der Waals surface area contributed by atoms with Crippen molar-refractivity contribution in [2.75, 3.05) is 29.8 Å². The molecule has 7 aromatic rings. The number of fused-ring (bicyclic) bond motifs is 2. The minimum absolute atomic E-state index is 0.00997. The zero-order valence-electron chi connectivity index (χ0n) is 45.6. The van der Waals surface area contributed by atoms with E-state index >= 15 is 0 Å². The fourth-order valence-corrected chi connectivity index (χ4v) is 12.7. The highest BCUT2D eigenvalue weighted by Crippen LogP contribution is 2.44. The number of aromatic nitrogens is 8. The first kappa shape index (κ1) is 55.4. The van der Waals surface area contributed by atoms with Crippen molar-refractivity contribution in [3.63, 3.8) is 0 Å². The summed E-state index contributed by atoms with van der Waals surface area (Å²) in [5, 5.41) is 15.3. The molecule has 2 N–H and O–H groups in total. The molecule has 1 saturated heterocycles. The Balaban J connectivity index is 0.000000164. The van der Waals surface area contributed by atoms with Gasteiger partial charge in [0, 0.05) is 72.7 Å². The summed E-state index contributed by atoms with van der Waals surface area (Å²) in [7, 11) is -7.42. The predicted molar refractivity (Wildman–Crippen MR) is 299 cm³/mol. The van der Waals surface area contributed by atoms with E-state index < -0.39 is 44.6 Å². The van der Waals surface area contributed by atoms with Crippen molar-refractivity contribution in [3.05, 3.63) is 95.2 Å². The Bertz CT molecular complexity index is 3990. The first-order chi connectivity index (χ1) is 39.2. The molecule has 0 bridgehead atoms. The van der Waals surface area contributed by atoms with E-state index in [-0.39, 0.29) is 86.4 Å². The lowest BCUT2D eigenvalue weighted by molar-refractivity contribution is -0.120. The molecule has 7 heterocycles. The Hall–Kier alpha value is -7.18. The van der Waals surface area contributed by atoms with Crippen LogP contribution in [0.4, 0.5) is 46.0 Å². The van der Waals surface area contributed by atoms with E-state index in [0.29, 0.717) is 64.7 Å². The second-order valence-electron chi connectivity index (χ2n) is 22.5. The molecule has 5 fully saturated rings. The van der Waals surface area contributed by atoms with Gasteiger partial charge in [-0.05, 0) is 132 Å². The number of nitrogens with one attached hydrogen (secondary N) is 2. The minimum Gasteiger partial charge on any atom is -0.358 e. The maximum absolute atomic E-state index is 14.4. The number of anilines is 4. The second kappa shape index (κ2) is 21.5.